The minimum Gasteiger partial charge on any atom is -0.494 e. The zero-order valence-electron chi connectivity index (χ0n) is 18.8. The quantitative estimate of drug-likeness (QED) is 0.344. The lowest BCUT2D eigenvalue weighted by Gasteiger charge is -2.19. The maximum atomic E-state index is 13.5. The number of carbonyl (C=O) groups is 2. The summed E-state index contributed by atoms with van der Waals surface area (Å²) in [7, 11) is 0. The smallest absolute Gasteiger partial charge is 0.235 e. The predicted octanol–water partition coefficient (Wildman–Crippen LogP) is 5.05. The van der Waals surface area contributed by atoms with E-state index in [0.717, 1.165) is 28.0 Å². The highest BCUT2D eigenvalue weighted by atomic mass is 32.1. The van der Waals surface area contributed by atoms with Gasteiger partial charge in [-0.15, -0.1) is 11.3 Å². The molecule has 0 unspecified atom stereocenters. The van der Waals surface area contributed by atoms with Crippen LogP contribution in [-0.4, -0.2) is 34.9 Å². The van der Waals surface area contributed by atoms with Crippen molar-refractivity contribution in [1.82, 2.24) is 9.97 Å². The molecule has 0 radical (unpaired) electrons. The molecule has 4 aromatic rings. The van der Waals surface area contributed by atoms with Gasteiger partial charge in [-0.05, 0) is 37.1 Å². The highest BCUT2D eigenvalue weighted by molar-refractivity contribution is 7.22. The topological polar surface area (TPSA) is 75.6 Å². The Labute approximate surface area is 205 Å². The summed E-state index contributed by atoms with van der Waals surface area (Å²) in [5.41, 5.74) is 2.52. The normalized spacial score (nSPS) is 13.6. The minimum atomic E-state index is -0.0856. The molecule has 34 heavy (non-hydrogen) atoms. The Kier molecular flexibility index (Phi) is 6.55. The van der Waals surface area contributed by atoms with E-state index in [1.807, 2.05) is 60.8 Å². The van der Waals surface area contributed by atoms with Gasteiger partial charge in [0.15, 0.2) is 10.3 Å². The first-order chi connectivity index (χ1) is 16.6. The van der Waals surface area contributed by atoms with Crippen molar-refractivity contribution in [3.8, 4) is 5.75 Å². The van der Waals surface area contributed by atoms with Gasteiger partial charge in [-0.3, -0.25) is 19.4 Å². The van der Waals surface area contributed by atoms with E-state index in [0.29, 0.717) is 42.1 Å². The van der Waals surface area contributed by atoms with E-state index in [-0.39, 0.29) is 18.2 Å². The van der Waals surface area contributed by atoms with Crippen LogP contribution < -0.4 is 14.5 Å². The number of carbonyl (C=O) groups excluding carboxylic acids is 2. The van der Waals surface area contributed by atoms with Crippen molar-refractivity contribution in [2.45, 2.75) is 32.7 Å². The molecule has 1 saturated heterocycles. The van der Waals surface area contributed by atoms with Gasteiger partial charge in [-0.1, -0.05) is 41.7 Å². The van der Waals surface area contributed by atoms with E-state index < -0.39 is 0 Å². The lowest BCUT2D eigenvalue weighted by atomic mass is 10.2. The molecule has 1 aliphatic rings. The fraction of sp³-hybridized carbons (Fsp3) is 0.280. The summed E-state index contributed by atoms with van der Waals surface area (Å²) >= 11 is 2.88. The van der Waals surface area contributed by atoms with Crippen LogP contribution in [0.4, 0.5) is 10.3 Å². The fourth-order valence-electron chi connectivity index (χ4n) is 3.90. The zero-order valence-corrected chi connectivity index (χ0v) is 20.4. The Morgan fingerprint density at radius 2 is 2.03 bits per heavy atom. The van der Waals surface area contributed by atoms with Gasteiger partial charge < -0.3 is 4.74 Å². The molecule has 5 rings (SSSR count). The molecule has 0 spiro atoms. The van der Waals surface area contributed by atoms with Crippen LogP contribution in [0.3, 0.4) is 0 Å². The molecule has 0 saturated carbocycles. The SMILES string of the molecule is CCOc1ccc2nc(N(Cc3ccccc3)C(=O)Cc3csc(N4CCCC4=O)n3)sc2c1. The molecule has 0 bridgehead atoms. The summed E-state index contributed by atoms with van der Waals surface area (Å²) in [6.07, 6.45) is 1.55. The van der Waals surface area contributed by atoms with E-state index >= 15 is 0 Å². The first kappa shape index (κ1) is 22.5. The van der Waals surface area contributed by atoms with Crippen molar-refractivity contribution in [3.05, 3.63) is 65.2 Å². The number of aromatic nitrogens is 2. The fourth-order valence-corrected chi connectivity index (χ4v) is 5.77. The number of fused-ring (bicyclic) bond motifs is 1. The third-order valence-electron chi connectivity index (χ3n) is 5.55. The van der Waals surface area contributed by atoms with Crippen molar-refractivity contribution in [2.24, 2.45) is 0 Å². The number of rotatable bonds is 8. The number of amides is 2. The molecule has 9 heteroatoms. The molecule has 1 aliphatic heterocycles. The second-order valence-electron chi connectivity index (χ2n) is 7.97. The van der Waals surface area contributed by atoms with Gasteiger partial charge in [0, 0.05) is 18.3 Å². The van der Waals surface area contributed by atoms with Crippen LogP contribution in [0.25, 0.3) is 10.2 Å². The molecule has 7 nitrogen and oxygen atoms in total. The molecule has 0 N–H and O–H groups in total. The van der Waals surface area contributed by atoms with Crippen molar-refractivity contribution in [2.75, 3.05) is 23.0 Å². The molecule has 2 aromatic heterocycles. The molecule has 2 aromatic carbocycles. The summed E-state index contributed by atoms with van der Waals surface area (Å²) in [4.78, 5) is 38.3. The summed E-state index contributed by atoms with van der Waals surface area (Å²) in [5, 5.41) is 3.18. The first-order valence-corrected chi connectivity index (χ1v) is 12.9. The average Bonchev–Trinajstić information content (AvgIpc) is 3.57. The van der Waals surface area contributed by atoms with Crippen LogP contribution >= 0.6 is 22.7 Å². The Hall–Kier alpha value is -3.30. The van der Waals surface area contributed by atoms with Crippen LogP contribution in [0.15, 0.2) is 53.9 Å². The number of hydrogen-bond acceptors (Lipinski definition) is 7. The first-order valence-electron chi connectivity index (χ1n) is 11.2. The van der Waals surface area contributed by atoms with Gasteiger partial charge in [0.1, 0.15) is 5.75 Å². The highest BCUT2D eigenvalue weighted by Crippen LogP contribution is 2.33. The monoisotopic (exact) mass is 492 g/mol. The van der Waals surface area contributed by atoms with Gasteiger partial charge in [0.25, 0.3) is 0 Å². The van der Waals surface area contributed by atoms with Crippen molar-refractivity contribution in [3.63, 3.8) is 0 Å². The lowest BCUT2D eigenvalue weighted by molar-refractivity contribution is -0.118. The largest absolute Gasteiger partial charge is 0.494 e. The lowest BCUT2D eigenvalue weighted by Crippen LogP contribution is -2.31. The van der Waals surface area contributed by atoms with Crippen LogP contribution in [0, 0.1) is 0 Å². The van der Waals surface area contributed by atoms with Crippen LogP contribution in [0.5, 0.6) is 5.75 Å². The Balaban J connectivity index is 1.42. The van der Waals surface area contributed by atoms with Gasteiger partial charge >= 0.3 is 0 Å². The molecule has 1 fully saturated rings. The van der Waals surface area contributed by atoms with Crippen molar-refractivity contribution >= 4 is 55.0 Å². The van der Waals surface area contributed by atoms with E-state index in [9.17, 15) is 9.59 Å². The summed E-state index contributed by atoms with van der Waals surface area (Å²) in [6.45, 7) is 3.65. The zero-order chi connectivity index (χ0) is 23.5. The van der Waals surface area contributed by atoms with E-state index in [1.54, 1.807) is 9.80 Å². The van der Waals surface area contributed by atoms with Gasteiger partial charge in [-0.2, -0.15) is 0 Å². The van der Waals surface area contributed by atoms with Gasteiger partial charge in [-0.25, -0.2) is 9.97 Å². The van der Waals surface area contributed by atoms with Gasteiger partial charge in [0.2, 0.25) is 11.8 Å². The summed E-state index contributed by atoms with van der Waals surface area (Å²) in [5.74, 6) is 0.800. The third kappa shape index (κ3) is 4.80. The summed E-state index contributed by atoms with van der Waals surface area (Å²) < 4.78 is 6.59. The average molecular weight is 493 g/mol. The molecule has 2 amide bonds. The Bertz CT molecular complexity index is 1320. The van der Waals surface area contributed by atoms with Gasteiger partial charge in [0.05, 0.1) is 35.5 Å². The van der Waals surface area contributed by atoms with E-state index in [4.69, 9.17) is 9.72 Å². The van der Waals surface area contributed by atoms with Crippen LogP contribution in [0.1, 0.15) is 31.0 Å². The standard InChI is InChI=1S/C25H24N4O3S2/c1-2-32-19-10-11-20-21(14-19)34-25(27-20)29(15-17-7-4-3-5-8-17)23(31)13-18-16-33-24(26-18)28-12-6-9-22(28)30/h3-5,7-8,10-11,14,16H,2,6,9,12-13,15H2,1H3. The maximum absolute atomic E-state index is 13.5. The molecular formula is C25H24N4O3S2. The number of benzene rings is 2. The Morgan fingerprint density at radius 3 is 2.79 bits per heavy atom. The number of anilines is 2. The molecule has 174 valence electrons. The molecule has 3 heterocycles. The molecular weight excluding hydrogens is 468 g/mol. The number of ether oxygens (including phenoxy) is 1. The number of thiazole rings is 2. The third-order valence-corrected chi connectivity index (χ3v) is 7.50. The Morgan fingerprint density at radius 1 is 1.18 bits per heavy atom. The van der Waals surface area contributed by atoms with Crippen LogP contribution in [-0.2, 0) is 22.6 Å². The van der Waals surface area contributed by atoms with Crippen molar-refractivity contribution < 1.29 is 14.3 Å². The highest BCUT2D eigenvalue weighted by Gasteiger charge is 2.26. The predicted molar refractivity (Wildman–Crippen MR) is 136 cm³/mol. The van der Waals surface area contributed by atoms with Crippen molar-refractivity contribution in [1.29, 1.82) is 0 Å². The van der Waals surface area contributed by atoms with E-state index in [2.05, 4.69) is 4.98 Å². The second-order valence-corrected chi connectivity index (χ2v) is 9.82. The maximum Gasteiger partial charge on any atom is 0.235 e. The second kappa shape index (κ2) is 9.90. The van der Waals surface area contributed by atoms with Crippen LogP contribution in [0.2, 0.25) is 0 Å². The number of nitrogens with zero attached hydrogens (tertiary/aromatic N) is 4. The van der Waals surface area contributed by atoms with E-state index in [1.165, 1.54) is 22.7 Å². The number of hydrogen-bond donors (Lipinski definition) is 0. The molecule has 0 aliphatic carbocycles. The summed E-state index contributed by atoms with van der Waals surface area (Å²) in [6, 6.07) is 15.7. The minimum absolute atomic E-state index is 0.0856. The molecule has 0 atom stereocenters.